The number of aryl methyl sites for hydroxylation is 2. The minimum absolute atomic E-state index is 0.0180. The number of aromatic nitrogens is 3. The Morgan fingerprint density at radius 1 is 1.50 bits per heavy atom. The Morgan fingerprint density at radius 3 is 2.83 bits per heavy atom. The number of carbonyl (C=O) groups is 1. The van der Waals surface area contributed by atoms with E-state index < -0.39 is 11.7 Å². The van der Waals surface area contributed by atoms with Gasteiger partial charge in [-0.1, -0.05) is 11.6 Å². The summed E-state index contributed by atoms with van der Waals surface area (Å²) in [5.74, 6) is -0.654. The average molecular weight is 269 g/mol. The molecule has 5 nitrogen and oxygen atoms in total. The van der Waals surface area contributed by atoms with Gasteiger partial charge in [0.2, 0.25) is 0 Å². The van der Waals surface area contributed by atoms with Gasteiger partial charge in [-0.05, 0) is 13.0 Å². The number of hydrogen-bond acceptors (Lipinski definition) is 3. The highest BCUT2D eigenvalue weighted by atomic mass is 35.5. The zero-order valence-corrected chi connectivity index (χ0v) is 10.5. The summed E-state index contributed by atoms with van der Waals surface area (Å²) < 4.78 is 14.5. The fraction of sp³-hybridized carbons (Fsp3) is 0.182. The highest BCUT2D eigenvalue weighted by Gasteiger charge is 2.14. The Labute approximate surface area is 108 Å². The SMILES string of the molecule is Cc1cc(NC(=O)c2cc(F)cnc2Cl)n(C)n1. The van der Waals surface area contributed by atoms with Crippen LogP contribution in [0.15, 0.2) is 18.3 Å². The molecule has 0 fully saturated rings. The summed E-state index contributed by atoms with van der Waals surface area (Å²) in [6.07, 6.45) is 0.952. The van der Waals surface area contributed by atoms with Crippen LogP contribution >= 0.6 is 11.6 Å². The first-order valence-electron chi connectivity index (χ1n) is 5.10. The summed E-state index contributed by atoms with van der Waals surface area (Å²) in [6, 6.07) is 2.73. The van der Waals surface area contributed by atoms with Crippen molar-refractivity contribution in [3.8, 4) is 0 Å². The molecule has 0 saturated carbocycles. The van der Waals surface area contributed by atoms with Crippen molar-refractivity contribution in [3.63, 3.8) is 0 Å². The average Bonchev–Trinajstić information content (AvgIpc) is 2.61. The van der Waals surface area contributed by atoms with Crippen molar-refractivity contribution in [2.24, 2.45) is 7.05 Å². The summed E-state index contributed by atoms with van der Waals surface area (Å²) in [7, 11) is 1.69. The van der Waals surface area contributed by atoms with E-state index in [0.717, 1.165) is 18.0 Å². The maximum Gasteiger partial charge on any atom is 0.260 e. The van der Waals surface area contributed by atoms with Gasteiger partial charge in [-0.25, -0.2) is 9.37 Å². The van der Waals surface area contributed by atoms with E-state index in [9.17, 15) is 9.18 Å². The van der Waals surface area contributed by atoms with Gasteiger partial charge in [0.15, 0.2) is 0 Å². The van der Waals surface area contributed by atoms with E-state index in [4.69, 9.17) is 11.6 Å². The van der Waals surface area contributed by atoms with Gasteiger partial charge in [0, 0.05) is 13.1 Å². The molecule has 0 aromatic carbocycles. The second-order valence-electron chi connectivity index (χ2n) is 3.74. The topological polar surface area (TPSA) is 59.8 Å². The standard InChI is InChI=1S/C11H10ClFN4O/c1-6-3-9(17(2)16-6)15-11(18)8-4-7(13)5-14-10(8)12/h3-5H,1-2H3,(H,15,18). The van der Waals surface area contributed by atoms with Gasteiger partial charge >= 0.3 is 0 Å². The number of nitrogens with one attached hydrogen (secondary N) is 1. The molecule has 18 heavy (non-hydrogen) atoms. The van der Waals surface area contributed by atoms with Crippen LogP contribution in [0.5, 0.6) is 0 Å². The third-order valence-corrected chi connectivity index (χ3v) is 2.60. The van der Waals surface area contributed by atoms with E-state index in [0.29, 0.717) is 5.82 Å². The third-order valence-electron chi connectivity index (χ3n) is 2.29. The smallest absolute Gasteiger partial charge is 0.260 e. The van der Waals surface area contributed by atoms with E-state index >= 15 is 0 Å². The van der Waals surface area contributed by atoms with Crippen LogP contribution in [0.1, 0.15) is 16.1 Å². The van der Waals surface area contributed by atoms with Crippen LogP contribution in [0.4, 0.5) is 10.2 Å². The van der Waals surface area contributed by atoms with Crippen molar-refractivity contribution in [2.75, 3.05) is 5.32 Å². The van der Waals surface area contributed by atoms with Gasteiger partial charge in [0.1, 0.15) is 16.8 Å². The number of carbonyl (C=O) groups excluding carboxylic acids is 1. The molecule has 94 valence electrons. The molecule has 1 amide bonds. The van der Waals surface area contributed by atoms with Crippen LogP contribution in [0.3, 0.4) is 0 Å². The molecule has 0 saturated heterocycles. The predicted molar refractivity (Wildman–Crippen MR) is 65.1 cm³/mol. The van der Waals surface area contributed by atoms with Gasteiger partial charge in [-0.2, -0.15) is 5.10 Å². The Balaban J connectivity index is 2.27. The molecule has 0 radical (unpaired) electrons. The lowest BCUT2D eigenvalue weighted by atomic mass is 10.2. The number of rotatable bonds is 2. The first kappa shape index (κ1) is 12.5. The number of amides is 1. The second-order valence-corrected chi connectivity index (χ2v) is 4.10. The van der Waals surface area contributed by atoms with Gasteiger partial charge < -0.3 is 5.32 Å². The Bertz CT molecular complexity index is 611. The van der Waals surface area contributed by atoms with E-state index in [-0.39, 0.29) is 10.7 Å². The largest absolute Gasteiger partial charge is 0.307 e. The molecule has 0 aliphatic heterocycles. The molecule has 2 aromatic heterocycles. The second kappa shape index (κ2) is 4.73. The van der Waals surface area contributed by atoms with E-state index in [1.165, 1.54) is 4.68 Å². The van der Waals surface area contributed by atoms with Gasteiger partial charge in [-0.3, -0.25) is 9.48 Å². The minimum Gasteiger partial charge on any atom is -0.307 e. The maximum absolute atomic E-state index is 13.0. The fourth-order valence-corrected chi connectivity index (χ4v) is 1.68. The normalized spacial score (nSPS) is 10.4. The lowest BCUT2D eigenvalue weighted by Gasteiger charge is -2.06. The molecule has 0 atom stereocenters. The number of nitrogens with zero attached hydrogens (tertiary/aromatic N) is 3. The van der Waals surface area contributed by atoms with Crippen molar-refractivity contribution in [3.05, 3.63) is 40.6 Å². The summed E-state index contributed by atoms with van der Waals surface area (Å²) in [5, 5.41) is 6.61. The fourth-order valence-electron chi connectivity index (χ4n) is 1.49. The first-order valence-corrected chi connectivity index (χ1v) is 5.48. The minimum atomic E-state index is -0.620. The van der Waals surface area contributed by atoms with E-state index in [2.05, 4.69) is 15.4 Å². The highest BCUT2D eigenvalue weighted by Crippen LogP contribution is 2.16. The zero-order chi connectivity index (χ0) is 13.3. The van der Waals surface area contributed by atoms with Crippen molar-refractivity contribution in [1.29, 1.82) is 0 Å². The van der Waals surface area contributed by atoms with E-state index in [1.54, 1.807) is 20.0 Å². The molecular weight excluding hydrogens is 259 g/mol. The number of halogens is 2. The maximum atomic E-state index is 13.0. The Kier molecular flexibility index (Phi) is 3.29. The molecule has 0 aliphatic rings. The Morgan fingerprint density at radius 2 is 2.22 bits per heavy atom. The summed E-state index contributed by atoms with van der Waals surface area (Å²) in [6.45, 7) is 1.80. The van der Waals surface area contributed by atoms with Gasteiger partial charge in [0.25, 0.3) is 5.91 Å². The molecule has 2 aromatic rings. The van der Waals surface area contributed by atoms with Gasteiger partial charge in [0.05, 0.1) is 17.5 Å². The van der Waals surface area contributed by atoms with Crippen molar-refractivity contribution in [2.45, 2.75) is 6.92 Å². The summed E-state index contributed by atoms with van der Waals surface area (Å²) >= 11 is 5.74. The number of anilines is 1. The molecule has 1 N–H and O–H groups in total. The lowest BCUT2D eigenvalue weighted by molar-refractivity contribution is 0.102. The zero-order valence-electron chi connectivity index (χ0n) is 9.74. The lowest BCUT2D eigenvalue weighted by Crippen LogP contribution is -2.15. The van der Waals surface area contributed by atoms with Crippen molar-refractivity contribution >= 4 is 23.3 Å². The molecule has 0 bridgehead atoms. The monoisotopic (exact) mass is 268 g/mol. The first-order chi connectivity index (χ1) is 8.47. The van der Waals surface area contributed by atoms with Crippen LogP contribution in [0.2, 0.25) is 5.15 Å². The van der Waals surface area contributed by atoms with Crippen molar-refractivity contribution < 1.29 is 9.18 Å². The number of hydrogen-bond donors (Lipinski definition) is 1. The molecule has 2 rings (SSSR count). The van der Waals surface area contributed by atoms with Crippen LogP contribution in [0.25, 0.3) is 0 Å². The third kappa shape index (κ3) is 2.48. The highest BCUT2D eigenvalue weighted by molar-refractivity contribution is 6.33. The van der Waals surface area contributed by atoms with Crippen LogP contribution in [0, 0.1) is 12.7 Å². The molecular formula is C11H10ClFN4O. The molecule has 2 heterocycles. The molecule has 0 spiro atoms. The van der Waals surface area contributed by atoms with Crippen LogP contribution < -0.4 is 5.32 Å². The number of pyridine rings is 1. The Hall–Kier alpha value is -1.95. The van der Waals surface area contributed by atoms with E-state index in [1.807, 2.05) is 0 Å². The van der Waals surface area contributed by atoms with Crippen molar-refractivity contribution in [1.82, 2.24) is 14.8 Å². The molecule has 7 heteroatoms. The van der Waals surface area contributed by atoms with Crippen LogP contribution in [-0.2, 0) is 7.05 Å². The quantitative estimate of drug-likeness (QED) is 0.849. The molecule has 0 aliphatic carbocycles. The molecule has 0 unspecified atom stereocenters. The van der Waals surface area contributed by atoms with Gasteiger partial charge in [-0.15, -0.1) is 0 Å². The summed E-state index contributed by atoms with van der Waals surface area (Å²) in [4.78, 5) is 15.5. The predicted octanol–water partition coefficient (Wildman–Crippen LogP) is 2.17. The van der Waals surface area contributed by atoms with Crippen LogP contribution in [-0.4, -0.2) is 20.7 Å². The summed E-state index contributed by atoms with van der Waals surface area (Å²) in [5.41, 5.74) is 0.742.